The van der Waals surface area contributed by atoms with E-state index in [1.54, 1.807) is 11.3 Å². The number of anilines is 1. The van der Waals surface area contributed by atoms with Crippen molar-refractivity contribution in [3.8, 4) is 10.7 Å². The monoisotopic (exact) mass is 229 g/mol. The standard InChI is InChI=1S/C12H11N3S/c1-7-3-2-4-9-10(7)15-12(14-9)11-8(13)5-6-16-11/h2-6H,13H2,1H3,(H,14,15). The number of nitrogen functional groups attached to an aromatic ring is 1. The number of aromatic nitrogens is 2. The van der Waals surface area contributed by atoms with Crippen molar-refractivity contribution in [3.63, 3.8) is 0 Å². The number of rotatable bonds is 1. The highest BCUT2D eigenvalue weighted by molar-refractivity contribution is 7.14. The minimum Gasteiger partial charge on any atom is -0.397 e. The highest BCUT2D eigenvalue weighted by Crippen LogP contribution is 2.31. The number of aromatic amines is 1. The molecule has 3 nitrogen and oxygen atoms in total. The highest BCUT2D eigenvalue weighted by Gasteiger charge is 2.10. The summed E-state index contributed by atoms with van der Waals surface area (Å²) in [6.45, 7) is 2.06. The van der Waals surface area contributed by atoms with Crippen molar-refractivity contribution in [2.45, 2.75) is 6.92 Å². The van der Waals surface area contributed by atoms with Crippen molar-refractivity contribution >= 4 is 28.1 Å². The molecule has 0 saturated heterocycles. The van der Waals surface area contributed by atoms with E-state index >= 15 is 0 Å². The van der Waals surface area contributed by atoms with E-state index in [4.69, 9.17) is 5.73 Å². The van der Waals surface area contributed by atoms with Crippen LogP contribution in [-0.4, -0.2) is 9.97 Å². The summed E-state index contributed by atoms with van der Waals surface area (Å²) in [7, 11) is 0. The van der Waals surface area contributed by atoms with Crippen LogP contribution in [0.1, 0.15) is 5.56 Å². The fourth-order valence-corrected chi connectivity index (χ4v) is 2.56. The number of nitrogens with one attached hydrogen (secondary N) is 1. The van der Waals surface area contributed by atoms with Crippen molar-refractivity contribution in [1.82, 2.24) is 9.97 Å². The van der Waals surface area contributed by atoms with Crippen LogP contribution >= 0.6 is 11.3 Å². The smallest absolute Gasteiger partial charge is 0.150 e. The molecule has 3 aromatic rings. The fraction of sp³-hybridized carbons (Fsp3) is 0.0833. The van der Waals surface area contributed by atoms with E-state index < -0.39 is 0 Å². The third-order valence-electron chi connectivity index (χ3n) is 2.63. The lowest BCUT2D eigenvalue weighted by molar-refractivity contribution is 1.35. The Kier molecular flexibility index (Phi) is 1.97. The molecule has 80 valence electrons. The quantitative estimate of drug-likeness (QED) is 0.673. The molecule has 0 bridgehead atoms. The van der Waals surface area contributed by atoms with Crippen LogP contribution in [0.15, 0.2) is 29.6 Å². The average Bonchev–Trinajstić information content (AvgIpc) is 2.84. The summed E-state index contributed by atoms with van der Waals surface area (Å²) in [5, 5.41) is 1.98. The molecule has 0 unspecified atom stereocenters. The largest absolute Gasteiger partial charge is 0.397 e. The van der Waals surface area contributed by atoms with Gasteiger partial charge in [0.25, 0.3) is 0 Å². The molecule has 0 aliphatic carbocycles. The number of hydrogen-bond donors (Lipinski definition) is 2. The second kappa shape index (κ2) is 3.35. The molecule has 0 aliphatic heterocycles. The van der Waals surface area contributed by atoms with Gasteiger partial charge in [-0.3, -0.25) is 0 Å². The molecule has 2 aromatic heterocycles. The fourth-order valence-electron chi connectivity index (χ4n) is 1.79. The van der Waals surface area contributed by atoms with E-state index in [-0.39, 0.29) is 0 Å². The maximum Gasteiger partial charge on any atom is 0.150 e. The number of thiophene rings is 1. The van der Waals surface area contributed by atoms with Crippen LogP contribution in [0.4, 0.5) is 5.69 Å². The van der Waals surface area contributed by atoms with Gasteiger partial charge in [0.15, 0.2) is 5.82 Å². The van der Waals surface area contributed by atoms with Gasteiger partial charge in [0, 0.05) is 0 Å². The van der Waals surface area contributed by atoms with Crippen molar-refractivity contribution in [3.05, 3.63) is 35.2 Å². The predicted molar refractivity (Wildman–Crippen MR) is 68.6 cm³/mol. The minimum absolute atomic E-state index is 0.779. The molecule has 3 N–H and O–H groups in total. The Balaban J connectivity index is 2.27. The van der Waals surface area contributed by atoms with E-state index in [2.05, 4.69) is 23.0 Å². The first-order valence-corrected chi connectivity index (χ1v) is 5.92. The molecule has 0 radical (unpaired) electrons. The summed E-state index contributed by atoms with van der Waals surface area (Å²) in [4.78, 5) is 8.90. The molecule has 0 fully saturated rings. The zero-order valence-electron chi connectivity index (χ0n) is 8.82. The Morgan fingerprint density at radius 1 is 1.31 bits per heavy atom. The second-order valence-corrected chi connectivity index (χ2v) is 4.68. The second-order valence-electron chi connectivity index (χ2n) is 3.76. The van der Waals surface area contributed by atoms with Crippen LogP contribution in [0.5, 0.6) is 0 Å². The van der Waals surface area contributed by atoms with Crippen LogP contribution in [-0.2, 0) is 0 Å². The van der Waals surface area contributed by atoms with Gasteiger partial charge in [-0.25, -0.2) is 4.98 Å². The first-order chi connectivity index (χ1) is 7.75. The first-order valence-electron chi connectivity index (χ1n) is 5.04. The highest BCUT2D eigenvalue weighted by atomic mass is 32.1. The third-order valence-corrected chi connectivity index (χ3v) is 3.56. The Hall–Kier alpha value is -1.81. The molecule has 0 saturated carbocycles. The van der Waals surface area contributed by atoms with Gasteiger partial charge in [-0.1, -0.05) is 12.1 Å². The topological polar surface area (TPSA) is 54.7 Å². The Morgan fingerprint density at radius 3 is 2.88 bits per heavy atom. The van der Waals surface area contributed by atoms with E-state index in [9.17, 15) is 0 Å². The number of hydrogen-bond acceptors (Lipinski definition) is 3. The van der Waals surface area contributed by atoms with Crippen LogP contribution in [0, 0.1) is 6.92 Å². The summed E-state index contributed by atoms with van der Waals surface area (Å²) < 4.78 is 0. The lowest BCUT2D eigenvalue weighted by Crippen LogP contribution is -1.84. The molecule has 1 aromatic carbocycles. The average molecular weight is 229 g/mol. The van der Waals surface area contributed by atoms with Gasteiger partial charge >= 0.3 is 0 Å². The molecule has 16 heavy (non-hydrogen) atoms. The Morgan fingerprint density at radius 2 is 2.19 bits per heavy atom. The first kappa shape index (κ1) is 9.42. The summed E-state index contributed by atoms with van der Waals surface area (Å²) in [6.07, 6.45) is 0. The van der Waals surface area contributed by atoms with E-state index in [0.29, 0.717) is 0 Å². The lowest BCUT2D eigenvalue weighted by atomic mass is 10.2. The van der Waals surface area contributed by atoms with E-state index in [1.165, 1.54) is 5.56 Å². The number of nitrogens with zero attached hydrogens (tertiary/aromatic N) is 1. The lowest BCUT2D eigenvalue weighted by Gasteiger charge is -1.92. The van der Waals surface area contributed by atoms with Gasteiger partial charge in [-0.15, -0.1) is 11.3 Å². The van der Waals surface area contributed by atoms with Crippen molar-refractivity contribution in [2.75, 3.05) is 5.73 Å². The molecule has 0 atom stereocenters. The molecule has 0 aliphatic rings. The number of aryl methyl sites for hydroxylation is 1. The van der Waals surface area contributed by atoms with Gasteiger partial charge in [0.1, 0.15) is 0 Å². The number of fused-ring (bicyclic) bond motifs is 1. The normalized spacial score (nSPS) is 11.1. The summed E-state index contributed by atoms with van der Waals surface area (Å²) in [5.74, 6) is 0.858. The molecular formula is C12H11N3S. The zero-order chi connectivity index (χ0) is 11.1. The van der Waals surface area contributed by atoms with Crippen LogP contribution < -0.4 is 5.73 Å². The number of para-hydroxylation sites is 1. The number of imidazole rings is 1. The van der Waals surface area contributed by atoms with E-state index in [0.717, 1.165) is 27.4 Å². The van der Waals surface area contributed by atoms with Crippen LogP contribution in [0.2, 0.25) is 0 Å². The summed E-state index contributed by atoms with van der Waals surface area (Å²) in [5.41, 5.74) is 9.92. The number of benzene rings is 1. The number of H-pyrrole nitrogens is 1. The van der Waals surface area contributed by atoms with Crippen molar-refractivity contribution in [1.29, 1.82) is 0 Å². The Labute approximate surface area is 96.9 Å². The number of nitrogens with two attached hydrogens (primary N) is 1. The van der Waals surface area contributed by atoms with Gasteiger partial charge in [0.05, 0.1) is 21.6 Å². The predicted octanol–water partition coefficient (Wildman–Crippen LogP) is 3.18. The SMILES string of the molecule is Cc1cccc2[nH]c(-c3sccc3N)nc12. The molecule has 2 heterocycles. The third kappa shape index (κ3) is 1.31. The zero-order valence-corrected chi connectivity index (χ0v) is 9.64. The van der Waals surface area contributed by atoms with Gasteiger partial charge in [-0.05, 0) is 30.0 Å². The van der Waals surface area contributed by atoms with Crippen molar-refractivity contribution < 1.29 is 0 Å². The molecule has 0 amide bonds. The summed E-state index contributed by atoms with van der Waals surface area (Å²) in [6, 6.07) is 8.02. The molecule has 3 rings (SSSR count). The minimum atomic E-state index is 0.779. The van der Waals surface area contributed by atoms with Gasteiger partial charge in [-0.2, -0.15) is 0 Å². The van der Waals surface area contributed by atoms with Crippen LogP contribution in [0.25, 0.3) is 21.7 Å². The van der Waals surface area contributed by atoms with Gasteiger partial charge < -0.3 is 10.7 Å². The van der Waals surface area contributed by atoms with Crippen LogP contribution in [0.3, 0.4) is 0 Å². The van der Waals surface area contributed by atoms with Crippen molar-refractivity contribution in [2.24, 2.45) is 0 Å². The molecule has 4 heteroatoms. The molecular weight excluding hydrogens is 218 g/mol. The summed E-state index contributed by atoms with van der Waals surface area (Å²) >= 11 is 1.60. The van der Waals surface area contributed by atoms with E-state index in [1.807, 2.05) is 23.6 Å². The maximum absolute atomic E-state index is 5.88. The molecule has 0 spiro atoms. The van der Waals surface area contributed by atoms with Gasteiger partial charge in [0.2, 0.25) is 0 Å². The maximum atomic E-state index is 5.88. The Bertz CT molecular complexity index is 651.